The highest BCUT2D eigenvalue weighted by molar-refractivity contribution is 5.99. The van der Waals surface area contributed by atoms with Crippen LogP contribution >= 0.6 is 0 Å². The third-order valence-corrected chi connectivity index (χ3v) is 4.58. The minimum atomic E-state index is -1.000. The van der Waals surface area contributed by atoms with Crippen molar-refractivity contribution in [3.63, 3.8) is 0 Å². The molecule has 0 saturated carbocycles. The monoisotopic (exact) mass is 396 g/mol. The highest BCUT2D eigenvalue weighted by Crippen LogP contribution is 2.13. The molecule has 0 aromatic heterocycles. The standard InChI is InChI=1S/C23H28N2O4/c1-14(2)20(25-22(27)19-9-7-6-8-16(19)4)23(28)29-17(5)21(26)24-18-12-10-15(3)11-13-18/h6-14,17,20H,1-5H3,(H,24,26)(H,25,27)/t17-,20-/m0/s1. The number of benzene rings is 2. The van der Waals surface area contributed by atoms with Gasteiger partial charge in [-0.1, -0.05) is 49.7 Å². The Morgan fingerprint density at radius 3 is 2.10 bits per heavy atom. The lowest BCUT2D eigenvalue weighted by Crippen LogP contribution is -2.47. The van der Waals surface area contributed by atoms with Crippen LogP contribution < -0.4 is 10.6 Å². The average Bonchev–Trinajstić information content (AvgIpc) is 2.67. The Morgan fingerprint density at radius 2 is 1.52 bits per heavy atom. The van der Waals surface area contributed by atoms with Crippen LogP contribution in [0.4, 0.5) is 5.69 Å². The van der Waals surface area contributed by atoms with E-state index in [2.05, 4.69) is 10.6 Å². The van der Waals surface area contributed by atoms with Crippen LogP contribution in [-0.2, 0) is 14.3 Å². The first kappa shape index (κ1) is 22.1. The summed E-state index contributed by atoms with van der Waals surface area (Å²) < 4.78 is 5.33. The van der Waals surface area contributed by atoms with Crippen molar-refractivity contribution in [1.82, 2.24) is 5.32 Å². The fourth-order valence-electron chi connectivity index (χ4n) is 2.73. The average molecular weight is 396 g/mol. The van der Waals surface area contributed by atoms with Gasteiger partial charge >= 0.3 is 5.97 Å². The zero-order valence-corrected chi connectivity index (χ0v) is 17.5. The molecule has 0 aliphatic heterocycles. The first-order valence-corrected chi connectivity index (χ1v) is 9.63. The normalized spacial score (nSPS) is 12.8. The molecule has 0 saturated heterocycles. The minimum absolute atomic E-state index is 0.206. The van der Waals surface area contributed by atoms with E-state index in [-0.39, 0.29) is 11.8 Å². The first-order valence-electron chi connectivity index (χ1n) is 9.63. The van der Waals surface area contributed by atoms with Crippen LogP contribution in [0, 0.1) is 19.8 Å². The van der Waals surface area contributed by atoms with Gasteiger partial charge in [-0.25, -0.2) is 4.79 Å². The maximum atomic E-state index is 12.6. The van der Waals surface area contributed by atoms with Gasteiger partial charge < -0.3 is 15.4 Å². The van der Waals surface area contributed by atoms with Crippen molar-refractivity contribution in [3.05, 3.63) is 65.2 Å². The van der Waals surface area contributed by atoms with E-state index in [1.807, 2.05) is 38.1 Å². The van der Waals surface area contributed by atoms with Gasteiger partial charge in [-0.15, -0.1) is 0 Å². The molecule has 0 aliphatic carbocycles. The molecule has 0 aliphatic rings. The highest BCUT2D eigenvalue weighted by atomic mass is 16.5. The Bertz CT molecular complexity index is 875. The predicted molar refractivity (Wildman–Crippen MR) is 113 cm³/mol. The smallest absolute Gasteiger partial charge is 0.329 e. The molecule has 0 radical (unpaired) electrons. The summed E-state index contributed by atoms with van der Waals surface area (Å²) in [6.45, 7) is 8.90. The molecule has 0 fully saturated rings. The minimum Gasteiger partial charge on any atom is -0.451 e. The molecular weight excluding hydrogens is 368 g/mol. The summed E-state index contributed by atoms with van der Waals surface area (Å²) in [5.41, 5.74) is 3.01. The molecule has 0 spiro atoms. The summed E-state index contributed by atoms with van der Waals surface area (Å²) >= 11 is 0. The first-order chi connectivity index (χ1) is 13.7. The van der Waals surface area contributed by atoms with E-state index in [0.29, 0.717) is 11.3 Å². The van der Waals surface area contributed by atoms with Crippen LogP contribution in [0.3, 0.4) is 0 Å². The molecule has 154 valence electrons. The number of carbonyl (C=O) groups excluding carboxylic acids is 3. The summed E-state index contributed by atoms with van der Waals surface area (Å²) in [6, 6.07) is 13.6. The van der Waals surface area contributed by atoms with E-state index < -0.39 is 24.0 Å². The number of amides is 2. The molecule has 2 atom stereocenters. The zero-order valence-electron chi connectivity index (χ0n) is 17.5. The van der Waals surface area contributed by atoms with Crippen LogP contribution in [0.15, 0.2) is 48.5 Å². The second kappa shape index (κ2) is 9.87. The lowest BCUT2D eigenvalue weighted by Gasteiger charge is -2.23. The van der Waals surface area contributed by atoms with Crippen LogP contribution in [-0.4, -0.2) is 29.9 Å². The Balaban J connectivity index is 2.01. The van der Waals surface area contributed by atoms with Gasteiger partial charge in [0.2, 0.25) is 0 Å². The Hall–Kier alpha value is -3.15. The van der Waals surface area contributed by atoms with Crippen molar-refractivity contribution in [2.75, 3.05) is 5.32 Å². The third-order valence-electron chi connectivity index (χ3n) is 4.58. The van der Waals surface area contributed by atoms with Crippen molar-refractivity contribution in [3.8, 4) is 0 Å². The molecule has 6 heteroatoms. The fourth-order valence-corrected chi connectivity index (χ4v) is 2.73. The zero-order chi connectivity index (χ0) is 21.6. The summed E-state index contributed by atoms with van der Waals surface area (Å²) in [4.78, 5) is 37.5. The van der Waals surface area contributed by atoms with Gasteiger partial charge in [0.05, 0.1) is 0 Å². The molecule has 2 aromatic rings. The van der Waals surface area contributed by atoms with E-state index in [0.717, 1.165) is 11.1 Å². The Kier molecular flexibility index (Phi) is 7.53. The molecule has 2 amide bonds. The van der Waals surface area contributed by atoms with Crippen LogP contribution in [0.2, 0.25) is 0 Å². The molecular formula is C23H28N2O4. The number of aryl methyl sites for hydroxylation is 2. The van der Waals surface area contributed by atoms with Crippen molar-refractivity contribution in [1.29, 1.82) is 0 Å². The van der Waals surface area contributed by atoms with E-state index in [1.54, 1.807) is 38.1 Å². The van der Waals surface area contributed by atoms with Crippen molar-refractivity contribution < 1.29 is 19.1 Å². The number of carbonyl (C=O) groups is 3. The Morgan fingerprint density at radius 1 is 0.897 bits per heavy atom. The lowest BCUT2D eigenvalue weighted by atomic mass is 10.0. The molecule has 29 heavy (non-hydrogen) atoms. The van der Waals surface area contributed by atoms with Gasteiger partial charge in [0.1, 0.15) is 6.04 Å². The molecule has 2 N–H and O–H groups in total. The van der Waals surface area contributed by atoms with Crippen molar-refractivity contribution >= 4 is 23.5 Å². The predicted octanol–water partition coefficient (Wildman–Crippen LogP) is 3.63. The van der Waals surface area contributed by atoms with Crippen LogP contribution in [0.1, 0.15) is 42.3 Å². The molecule has 6 nitrogen and oxygen atoms in total. The van der Waals surface area contributed by atoms with Gasteiger partial charge in [-0.05, 0) is 50.5 Å². The number of ether oxygens (including phenoxy) is 1. The number of hydrogen-bond donors (Lipinski definition) is 2. The summed E-state index contributed by atoms with van der Waals surface area (Å²) in [7, 11) is 0. The fraction of sp³-hybridized carbons (Fsp3) is 0.348. The summed E-state index contributed by atoms with van der Waals surface area (Å²) in [5, 5.41) is 5.44. The summed E-state index contributed by atoms with van der Waals surface area (Å²) in [5.74, 6) is -1.64. The van der Waals surface area contributed by atoms with E-state index >= 15 is 0 Å². The van der Waals surface area contributed by atoms with E-state index in [9.17, 15) is 14.4 Å². The number of anilines is 1. The summed E-state index contributed by atoms with van der Waals surface area (Å²) in [6.07, 6.45) is -1.000. The second-order valence-corrected chi connectivity index (χ2v) is 7.44. The van der Waals surface area contributed by atoms with Gasteiger partial charge in [0.15, 0.2) is 6.10 Å². The Labute approximate surface area is 171 Å². The van der Waals surface area contributed by atoms with Gasteiger partial charge in [0, 0.05) is 11.3 Å². The van der Waals surface area contributed by atoms with Gasteiger partial charge in [-0.3, -0.25) is 9.59 Å². The van der Waals surface area contributed by atoms with Crippen LogP contribution in [0.25, 0.3) is 0 Å². The maximum absolute atomic E-state index is 12.6. The van der Waals surface area contributed by atoms with Crippen molar-refractivity contribution in [2.45, 2.75) is 46.8 Å². The van der Waals surface area contributed by atoms with Crippen molar-refractivity contribution in [2.24, 2.45) is 5.92 Å². The topological polar surface area (TPSA) is 84.5 Å². The van der Waals surface area contributed by atoms with E-state index in [1.165, 1.54) is 6.92 Å². The molecule has 0 bridgehead atoms. The highest BCUT2D eigenvalue weighted by Gasteiger charge is 2.29. The molecule has 2 aromatic carbocycles. The third kappa shape index (κ3) is 6.17. The van der Waals surface area contributed by atoms with Gasteiger partial charge in [-0.2, -0.15) is 0 Å². The maximum Gasteiger partial charge on any atom is 0.329 e. The van der Waals surface area contributed by atoms with Gasteiger partial charge in [0.25, 0.3) is 11.8 Å². The lowest BCUT2D eigenvalue weighted by molar-refractivity contribution is -0.156. The largest absolute Gasteiger partial charge is 0.451 e. The van der Waals surface area contributed by atoms with Crippen LogP contribution in [0.5, 0.6) is 0 Å². The number of rotatable bonds is 7. The SMILES string of the molecule is Cc1ccc(NC(=O)[C@H](C)OC(=O)[C@@H](NC(=O)c2ccccc2C)C(C)C)cc1. The molecule has 0 unspecified atom stereocenters. The number of nitrogens with one attached hydrogen (secondary N) is 2. The number of hydrogen-bond acceptors (Lipinski definition) is 4. The molecule has 2 rings (SSSR count). The quantitative estimate of drug-likeness (QED) is 0.700. The molecule has 0 heterocycles. The number of esters is 1. The van der Waals surface area contributed by atoms with E-state index in [4.69, 9.17) is 4.74 Å². The second-order valence-electron chi connectivity index (χ2n) is 7.44.